The molecule has 0 saturated heterocycles. The molecule has 0 aliphatic heterocycles. The number of ether oxygens (including phenoxy) is 3. The zero-order valence-corrected chi connectivity index (χ0v) is 37.5. The molecule has 0 spiro atoms. The maximum absolute atomic E-state index is 12.6. The third-order valence-electron chi connectivity index (χ3n) is 14.4. The maximum Gasteiger partial charge on any atom is 0.434 e. The van der Waals surface area contributed by atoms with Crippen LogP contribution in [0.1, 0.15) is 105 Å². The van der Waals surface area contributed by atoms with Gasteiger partial charge in [0, 0.05) is 12.8 Å². The van der Waals surface area contributed by atoms with E-state index in [1.165, 1.54) is 11.1 Å². The molecule has 6 aliphatic rings. The van der Waals surface area contributed by atoms with Gasteiger partial charge < -0.3 is 39.7 Å². The van der Waals surface area contributed by atoms with Crippen LogP contribution in [-0.4, -0.2) is 106 Å². The van der Waals surface area contributed by atoms with Crippen molar-refractivity contribution < 1.29 is 75.7 Å². The van der Waals surface area contributed by atoms with Gasteiger partial charge >= 0.3 is 24.3 Å². The molecule has 16 heteroatoms. The quantitative estimate of drug-likeness (QED) is 0.0768. The van der Waals surface area contributed by atoms with Crippen molar-refractivity contribution >= 4 is 11.9 Å². The van der Waals surface area contributed by atoms with Crippen molar-refractivity contribution in [3.05, 3.63) is 94.2 Å². The Morgan fingerprint density at radius 3 is 1.51 bits per heavy atom. The minimum absolute atomic E-state index is 0.0108. The molecule has 0 radical (unpaired) electrons. The molecule has 4 saturated carbocycles. The third-order valence-corrected chi connectivity index (χ3v) is 14.4. The second kappa shape index (κ2) is 21.0. The van der Waals surface area contributed by atoms with Gasteiger partial charge in [-0.05, 0) is 134 Å². The highest BCUT2D eigenvalue weighted by Crippen LogP contribution is 2.57. The number of hydrogen-bond donors (Lipinski definition) is 5. The first-order valence-corrected chi connectivity index (χ1v) is 22.3. The molecule has 0 aromatic rings. The first-order chi connectivity index (χ1) is 30.3. The van der Waals surface area contributed by atoms with Gasteiger partial charge in [-0.1, -0.05) is 74.6 Å². The highest BCUT2D eigenvalue weighted by Gasteiger charge is 2.60. The van der Waals surface area contributed by atoms with E-state index in [1.54, 1.807) is 6.92 Å². The van der Waals surface area contributed by atoms with Crippen LogP contribution in [0.2, 0.25) is 0 Å². The predicted molar refractivity (Wildman–Crippen MR) is 230 cm³/mol. The van der Waals surface area contributed by atoms with Crippen molar-refractivity contribution in [2.75, 3.05) is 13.2 Å². The van der Waals surface area contributed by atoms with Crippen LogP contribution in [0.5, 0.6) is 0 Å². The molecule has 6 rings (SSSR count). The first-order valence-electron chi connectivity index (χ1n) is 22.3. The topological polar surface area (TPSA) is 163 Å². The fraction of sp³-hybridized carbons (Fsp3) is 0.633. The minimum atomic E-state index is -5.78. The molecule has 10 atom stereocenters. The summed E-state index contributed by atoms with van der Waals surface area (Å²) in [5, 5.41) is 48.9. The molecule has 0 aromatic carbocycles. The van der Waals surface area contributed by atoms with Crippen molar-refractivity contribution in [1.29, 1.82) is 0 Å². The van der Waals surface area contributed by atoms with E-state index in [2.05, 4.69) is 37.0 Å². The molecule has 65 heavy (non-hydrogen) atoms. The first kappa shape index (κ1) is 52.2. The summed E-state index contributed by atoms with van der Waals surface area (Å²) < 4.78 is 90.5. The third kappa shape index (κ3) is 12.4. The summed E-state index contributed by atoms with van der Waals surface area (Å²) in [6.45, 7) is 14.4. The number of carboxylic acid groups (broad SMARTS) is 1. The van der Waals surface area contributed by atoms with Crippen molar-refractivity contribution in [2.45, 2.75) is 160 Å². The zero-order chi connectivity index (χ0) is 48.2. The van der Waals surface area contributed by atoms with E-state index >= 15 is 0 Å². The van der Waals surface area contributed by atoms with Crippen LogP contribution in [0.15, 0.2) is 94.2 Å². The molecule has 0 amide bonds. The molecule has 0 heterocycles. The van der Waals surface area contributed by atoms with Crippen LogP contribution >= 0.6 is 0 Å². The van der Waals surface area contributed by atoms with Crippen molar-refractivity contribution in [3.8, 4) is 0 Å². The highest BCUT2D eigenvalue weighted by atomic mass is 19.4. The lowest BCUT2D eigenvalue weighted by atomic mass is 9.63. The highest BCUT2D eigenvalue weighted by molar-refractivity contribution is 5.71. The molecule has 6 aliphatic carbocycles. The van der Waals surface area contributed by atoms with Crippen LogP contribution in [-0.2, 0) is 23.8 Å². The lowest BCUT2D eigenvalue weighted by molar-refractivity contribution is -0.314. The minimum Gasteiger partial charge on any atom is -0.480 e. The Morgan fingerprint density at radius 2 is 1.12 bits per heavy atom. The fourth-order valence-corrected chi connectivity index (χ4v) is 10.9. The Bertz CT molecular complexity index is 1980. The number of carbonyl (C=O) groups excluding carboxylic acids is 1. The number of fused-ring (bicyclic) bond motifs is 2. The zero-order valence-electron chi connectivity index (χ0n) is 37.5. The largest absolute Gasteiger partial charge is 0.480 e. The number of aliphatic hydroxyl groups is 4. The lowest BCUT2D eigenvalue weighted by Gasteiger charge is -2.42. The van der Waals surface area contributed by atoms with Crippen LogP contribution in [0.25, 0.3) is 0 Å². The Hall–Kier alpha value is -3.80. The van der Waals surface area contributed by atoms with Gasteiger partial charge in [-0.2, -0.15) is 26.3 Å². The summed E-state index contributed by atoms with van der Waals surface area (Å²) in [5.74, 6) is -2.21. The van der Waals surface area contributed by atoms with E-state index < -0.39 is 67.5 Å². The number of rotatable bonds is 11. The van der Waals surface area contributed by atoms with Gasteiger partial charge in [0.15, 0.2) is 0 Å². The number of halogens is 6. The molecule has 362 valence electrons. The lowest BCUT2D eigenvalue weighted by Crippen LogP contribution is -2.46. The van der Waals surface area contributed by atoms with Gasteiger partial charge in [0.2, 0.25) is 0 Å². The Balaban J connectivity index is 0.000000253. The van der Waals surface area contributed by atoms with E-state index in [-0.39, 0.29) is 35.9 Å². The Kier molecular flexibility index (Phi) is 16.9. The normalized spacial score (nSPS) is 34.2. The molecule has 4 fully saturated rings. The summed E-state index contributed by atoms with van der Waals surface area (Å²) >= 11 is 0. The maximum atomic E-state index is 12.6. The SMILES string of the molecule is C=C1C(=CC=C2CCC[C@]3(C)C([C@H](C)OCC(=O)O)=CCC23)C[C@@H](O)C[C@@H]1O.C=C1C(=CC=C2CCC[C@]3(C)C([C@H](C)OCC(=O)OC(C(F)(F)F)C(F)(F)F)=CC[C@@H]23)C[C@@H](O)C[C@@H]1O. The van der Waals surface area contributed by atoms with Gasteiger partial charge in [-0.3, -0.25) is 0 Å². The van der Waals surface area contributed by atoms with Crippen molar-refractivity contribution in [2.24, 2.45) is 22.7 Å². The summed E-state index contributed by atoms with van der Waals surface area (Å²) in [5.41, 5.74) is 7.20. The van der Waals surface area contributed by atoms with Crippen molar-refractivity contribution in [1.82, 2.24) is 0 Å². The number of allylic oxidation sites excluding steroid dienone is 8. The molecule has 1 unspecified atom stereocenters. The number of hydrogen-bond acceptors (Lipinski definition) is 9. The standard InChI is InChI=1S/C26H32F6O5.C23H32O5/c1-14-17(11-18(33)12-21(14)34)7-6-16-5-4-10-24(3)19(8-9-20(16)24)15(2)36-13-22(35)37-23(25(27,28)29)26(30,31)32;1-14-17(11-18(24)12-21(14)25)7-6-16-5-4-10-23(3)19(8-9-20(16)23)15(2)28-13-22(26)27/h6-8,15,18,20-21,23,33-34H,1,4-5,9-13H2,2-3H3;6-8,15,18,20-21,24-25H,1,4-5,9-13H2,2-3H3,(H,26,27)/t15-,18+,20-,21-,24+;15-,18+,20?,21-,23+/m00/s1. The van der Waals surface area contributed by atoms with Crippen LogP contribution in [0.3, 0.4) is 0 Å². The van der Waals surface area contributed by atoms with Crippen molar-refractivity contribution in [3.63, 3.8) is 0 Å². The molecular formula is C49H64F6O10. The Morgan fingerprint density at radius 1 is 0.723 bits per heavy atom. The van der Waals surface area contributed by atoms with E-state index in [0.29, 0.717) is 42.7 Å². The van der Waals surface area contributed by atoms with E-state index in [9.17, 15) is 56.4 Å². The predicted octanol–water partition coefficient (Wildman–Crippen LogP) is 9.03. The van der Waals surface area contributed by atoms with Gasteiger partial charge in [-0.15, -0.1) is 0 Å². The van der Waals surface area contributed by atoms with E-state index in [4.69, 9.17) is 14.6 Å². The van der Waals surface area contributed by atoms with Gasteiger partial charge in [0.1, 0.15) is 13.2 Å². The monoisotopic (exact) mass is 926 g/mol. The second-order valence-corrected chi connectivity index (χ2v) is 18.8. The molecular weight excluding hydrogens is 863 g/mol. The Labute approximate surface area is 376 Å². The average Bonchev–Trinajstić information content (AvgIpc) is 3.76. The van der Waals surface area contributed by atoms with E-state index in [0.717, 1.165) is 67.2 Å². The molecule has 10 nitrogen and oxygen atoms in total. The van der Waals surface area contributed by atoms with E-state index in [1.807, 2.05) is 38.2 Å². The number of aliphatic carboxylic acids is 1. The van der Waals surface area contributed by atoms with Crippen LogP contribution in [0.4, 0.5) is 26.3 Å². The summed E-state index contributed by atoms with van der Waals surface area (Å²) in [4.78, 5) is 22.6. The average molecular weight is 927 g/mol. The van der Waals surface area contributed by atoms with Gasteiger partial charge in [-0.25, -0.2) is 9.59 Å². The number of carboxylic acids is 1. The summed E-state index contributed by atoms with van der Waals surface area (Å²) in [6, 6.07) is 0. The van der Waals surface area contributed by atoms with Crippen LogP contribution < -0.4 is 0 Å². The molecule has 0 aromatic heterocycles. The number of carbonyl (C=O) groups is 2. The fourth-order valence-electron chi connectivity index (χ4n) is 10.9. The van der Waals surface area contributed by atoms with Gasteiger partial charge in [0.05, 0.1) is 36.6 Å². The number of esters is 1. The van der Waals surface area contributed by atoms with Gasteiger partial charge in [0.25, 0.3) is 6.10 Å². The number of aliphatic hydroxyl groups excluding tert-OH is 4. The molecule has 5 N–H and O–H groups in total. The molecule has 0 bridgehead atoms. The number of alkyl halides is 6. The summed E-state index contributed by atoms with van der Waals surface area (Å²) in [7, 11) is 0. The smallest absolute Gasteiger partial charge is 0.434 e. The second-order valence-electron chi connectivity index (χ2n) is 18.8. The van der Waals surface area contributed by atoms with Crippen LogP contribution in [0, 0.1) is 22.7 Å². The summed E-state index contributed by atoms with van der Waals surface area (Å²) in [6.07, 6.45) is 1.71.